The molecule has 0 aliphatic carbocycles. The van der Waals surface area contributed by atoms with Crippen molar-refractivity contribution in [2.24, 2.45) is 0 Å². The average molecular weight is 463 g/mol. The maximum absolute atomic E-state index is 14.2. The lowest BCUT2D eigenvalue weighted by atomic mass is 10.1. The van der Waals surface area contributed by atoms with Gasteiger partial charge in [-0.1, -0.05) is 54.2 Å². The molecule has 0 unspecified atom stereocenters. The van der Waals surface area contributed by atoms with Crippen LogP contribution in [-0.4, -0.2) is 16.3 Å². The van der Waals surface area contributed by atoms with Crippen LogP contribution in [0.15, 0.2) is 76.7 Å². The van der Waals surface area contributed by atoms with Gasteiger partial charge in [0.2, 0.25) is 0 Å². The highest BCUT2D eigenvalue weighted by molar-refractivity contribution is 7.98. The van der Waals surface area contributed by atoms with Crippen LogP contribution in [0, 0.1) is 5.82 Å². The van der Waals surface area contributed by atoms with E-state index >= 15 is 0 Å². The molecule has 5 rings (SSSR count). The standard InChI is InChI=1S/C26H23FN2O3S/c27-21-13-19-15-31-17-32-24(19)20(14-21)16-33-26-28-23-11-5-4-10-22(23)25(30)29(26)12-6-9-18-7-2-1-3-8-18/h1-5,7-8,10-11,13-14H,6,9,12,15-17H2. The molecule has 0 saturated heterocycles. The Balaban J connectivity index is 1.44. The minimum absolute atomic E-state index is 0.0536. The van der Waals surface area contributed by atoms with Gasteiger partial charge in [-0.25, -0.2) is 9.37 Å². The smallest absolute Gasteiger partial charge is 0.262 e. The summed E-state index contributed by atoms with van der Waals surface area (Å²) in [5, 5.41) is 1.22. The molecule has 5 nitrogen and oxygen atoms in total. The second kappa shape index (κ2) is 9.77. The Kier molecular flexibility index (Phi) is 6.41. The Labute approximate surface area is 195 Å². The summed E-state index contributed by atoms with van der Waals surface area (Å²) >= 11 is 1.42. The van der Waals surface area contributed by atoms with E-state index in [-0.39, 0.29) is 18.2 Å². The van der Waals surface area contributed by atoms with Crippen LogP contribution in [0.25, 0.3) is 10.9 Å². The number of fused-ring (bicyclic) bond motifs is 2. The van der Waals surface area contributed by atoms with Crippen LogP contribution in [0.5, 0.6) is 5.75 Å². The van der Waals surface area contributed by atoms with Crippen LogP contribution < -0.4 is 10.3 Å². The molecule has 0 radical (unpaired) electrons. The van der Waals surface area contributed by atoms with Crippen molar-refractivity contribution >= 4 is 22.7 Å². The van der Waals surface area contributed by atoms with Crippen LogP contribution in [0.3, 0.4) is 0 Å². The summed E-state index contributed by atoms with van der Waals surface area (Å²) in [6.45, 7) is 1.03. The summed E-state index contributed by atoms with van der Waals surface area (Å²) in [4.78, 5) is 18.1. The molecule has 0 spiro atoms. The monoisotopic (exact) mass is 462 g/mol. The molecule has 4 aromatic rings. The highest BCUT2D eigenvalue weighted by Gasteiger charge is 2.19. The Hall–Kier alpha value is -3.16. The van der Waals surface area contributed by atoms with Gasteiger partial charge < -0.3 is 9.47 Å². The first-order valence-electron chi connectivity index (χ1n) is 10.9. The number of rotatable bonds is 7. The number of hydrogen-bond acceptors (Lipinski definition) is 5. The van der Waals surface area contributed by atoms with Crippen LogP contribution in [0.4, 0.5) is 4.39 Å². The van der Waals surface area contributed by atoms with E-state index in [1.54, 1.807) is 4.57 Å². The molecule has 1 aliphatic rings. The summed E-state index contributed by atoms with van der Waals surface area (Å²) in [5.74, 6) is 0.767. The third-order valence-corrected chi connectivity index (χ3v) is 6.65. The highest BCUT2D eigenvalue weighted by atomic mass is 32.2. The van der Waals surface area contributed by atoms with Crippen LogP contribution in [0.1, 0.15) is 23.1 Å². The number of nitrogens with zero attached hydrogens (tertiary/aromatic N) is 2. The quantitative estimate of drug-likeness (QED) is 0.275. The fourth-order valence-electron chi connectivity index (χ4n) is 4.05. The van der Waals surface area contributed by atoms with Gasteiger partial charge in [0.05, 0.1) is 17.5 Å². The molecule has 1 aromatic heterocycles. The highest BCUT2D eigenvalue weighted by Crippen LogP contribution is 2.33. The Morgan fingerprint density at radius 2 is 1.88 bits per heavy atom. The van der Waals surface area contributed by atoms with E-state index in [1.807, 2.05) is 42.5 Å². The molecular formula is C26H23FN2O3S. The topological polar surface area (TPSA) is 53.4 Å². The molecule has 168 valence electrons. The summed E-state index contributed by atoms with van der Waals surface area (Å²) in [5.41, 5.74) is 3.27. The van der Waals surface area contributed by atoms with Crippen molar-refractivity contribution in [3.8, 4) is 5.75 Å². The van der Waals surface area contributed by atoms with Crippen LogP contribution in [-0.2, 0) is 30.1 Å². The van der Waals surface area contributed by atoms with Gasteiger partial charge >= 0.3 is 0 Å². The van der Waals surface area contributed by atoms with Crippen molar-refractivity contribution in [3.63, 3.8) is 0 Å². The van der Waals surface area contributed by atoms with Gasteiger partial charge in [-0.2, -0.15) is 0 Å². The van der Waals surface area contributed by atoms with Crippen molar-refractivity contribution in [1.29, 1.82) is 0 Å². The van der Waals surface area contributed by atoms with E-state index in [9.17, 15) is 9.18 Å². The van der Waals surface area contributed by atoms with Crippen LogP contribution >= 0.6 is 11.8 Å². The Morgan fingerprint density at radius 1 is 1.06 bits per heavy atom. The number of ether oxygens (including phenoxy) is 2. The predicted molar refractivity (Wildman–Crippen MR) is 127 cm³/mol. The van der Waals surface area contributed by atoms with Crippen molar-refractivity contribution < 1.29 is 13.9 Å². The first kappa shape index (κ1) is 21.7. The molecule has 33 heavy (non-hydrogen) atoms. The summed E-state index contributed by atoms with van der Waals surface area (Å²) in [6.07, 6.45) is 1.68. The predicted octanol–water partition coefficient (Wildman–Crippen LogP) is 5.33. The van der Waals surface area contributed by atoms with Gasteiger partial charge in [0.15, 0.2) is 11.9 Å². The SMILES string of the molecule is O=c1c2ccccc2nc(SCc2cc(F)cc3c2OCOC3)n1CCCc1ccccc1. The number of hydrogen-bond donors (Lipinski definition) is 0. The Bertz CT molecular complexity index is 1340. The molecule has 1 aliphatic heterocycles. The lowest BCUT2D eigenvalue weighted by Crippen LogP contribution is -2.23. The third-order valence-electron chi connectivity index (χ3n) is 5.63. The Morgan fingerprint density at radius 3 is 2.76 bits per heavy atom. The maximum atomic E-state index is 14.2. The van der Waals surface area contributed by atoms with Crippen molar-refractivity contribution in [2.45, 2.75) is 36.9 Å². The van der Waals surface area contributed by atoms with E-state index in [0.29, 0.717) is 46.3 Å². The third kappa shape index (κ3) is 4.79. The minimum Gasteiger partial charge on any atom is -0.467 e. The number of para-hydroxylation sites is 1. The number of thioether (sulfide) groups is 1. The number of benzene rings is 3. The average Bonchev–Trinajstić information content (AvgIpc) is 2.84. The number of aromatic nitrogens is 2. The first-order chi connectivity index (χ1) is 16.2. The first-order valence-corrected chi connectivity index (χ1v) is 11.9. The van der Waals surface area contributed by atoms with E-state index in [4.69, 9.17) is 14.5 Å². The molecule has 7 heteroatoms. The molecule has 0 amide bonds. The van der Waals surface area contributed by atoms with Gasteiger partial charge in [0.25, 0.3) is 5.56 Å². The van der Waals surface area contributed by atoms with Crippen molar-refractivity contribution in [3.05, 3.63) is 99.6 Å². The lowest BCUT2D eigenvalue weighted by Gasteiger charge is -2.21. The van der Waals surface area contributed by atoms with E-state index in [1.165, 1.54) is 29.5 Å². The zero-order valence-electron chi connectivity index (χ0n) is 18.0. The summed E-state index contributed by atoms with van der Waals surface area (Å²) in [7, 11) is 0. The molecule has 0 N–H and O–H groups in total. The molecule has 0 saturated carbocycles. The molecule has 0 fully saturated rings. The summed E-state index contributed by atoms with van der Waals surface area (Å²) < 4.78 is 26.8. The second-order valence-corrected chi connectivity index (χ2v) is 8.85. The number of halogens is 1. The molecule has 0 bridgehead atoms. The van der Waals surface area contributed by atoms with E-state index in [2.05, 4.69) is 12.1 Å². The van der Waals surface area contributed by atoms with Crippen molar-refractivity contribution in [1.82, 2.24) is 9.55 Å². The van der Waals surface area contributed by atoms with Crippen molar-refractivity contribution in [2.75, 3.05) is 6.79 Å². The zero-order chi connectivity index (χ0) is 22.6. The van der Waals surface area contributed by atoms with Gasteiger partial charge in [-0.15, -0.1) is 0 Å². The minimum atomic E-state index is -0.329. The zero-order valence-corrected chi connectivity index (χ0v) is 18.8. The molecule has 3 aromatic carbocycles. The van der Waals surface area contributed by atoms with Crippen LogP contribution in [0.2, 0.25) is 0 Å². The van der Waals surface area contributed by atoms with Gasteiger partial charge in [-0.3, -0.25) is 9.36 Å². The lowest BCUT2D eigenvalue weighted by molar-refractivity contribution is -0.0171. The normalized spacial score (nSPS) is 13.0. The van der Waals surface area contributed by atoms with E-state index in [0.717, 1.165) is 18.4 Å². The van der Waals surface area contributed by atoms with E-state index < -0.39 is 0 Å². The largest absolute Gasteiger partial charge is 0.467 e. The molecule has 2 heterocycles. The van der Waals surface area contributed by atoms with Gasteiger partial charge in [0, 0.05) is 23.4 Å². The van der Waals surface area contributed by atoms with Gasteiger partial charge in [0.1, 0.15) is 11.6 Å². The van der Waals surface area contributed by atoms with Gasteiger partial charge in [-0.05, 0) is 42.7 Å². The molecule has 0 atom stereocenters. The maximum Gasteiger partial charge on any atom is 0.262 e. The fraction of sp³-hybridized carbons (Fsp3) is 0.231. The summed E-state index contributed by atoms with van der Waals surface area (Å²) in [6, 6.07) is 20.5. The fourth-order valence-corrected chi connectivity index (χ4v) is 5.04. The molecular weight excluding hydrogens is 439 g/mol. The number of aryl methyl sites for hydroxylation is 1. The second-order valence-electron chi connectivity index (χ2n) is 7.91.